The topological polar surface area (TPSA) is 78.3 Å². The number of primary amides is 1. The van der Waals surface area contributed by atoms with E-state index in [4.69, 9.17) is 5.73 Å². The molecule has 0 saturated heterocycles. The number of amides is 1. The largest absolute Gasteiger partial charge is 0.462 e. The van der Waals surface area contributed by atoms with Gasteiger partial charge in [0.05, 0.1) is 0 Å². The number of hydrogen-bond acceptors (Lipinski definition) is 3. The Labute approximate surface area is 125 Å². The van der Waals surface area contributed by atoms with E-state index in [9.17, 15) is 53.1 Å². The first kappa shape index (κ1) is 22.6. The van der Waals surface area contributed by atoms with Crippen LogP contribution < -0.4 is 11.5 Å². The fourth-order valence-corrected chi connectivity index (χ4v) is 1.32. The minimum Gasteiger partial charge on any atom is -0.370 e. The summed E-state index contributed by atoms with van der Waals surface area (Å²) in [5.41, 5.74) is 9.29. The molecule has 15 heteroatoms. The van der Waals surface area contributed by atoms with Gasteiger partial charge in [0.1, 0.15) is 0 Å². The third kappa shape index (κ3) is 4.81. The van der Waals surface area contributed by atoms with Crippen LogP contribution in [0.5, 0.6) is 0 Å². The smallest absolute Gasteiger partial charge is 0.370 e. The first-order valence-corrected chi connectivity index (χ1v) is 5.59. The van der Waals surface area contributed by atoms with Gasteiger partial charge in [0.25, 0.3) is 0 Å². The molecular formula is C9H9F11N2O2. The summed E-state index contributed by atoms with van der Waals surface area (Å²) in [5.74, 6) is -14.3. The van der Waals surface area contributed by atoms with E-state index < -0.39 is 55.0 Å². The monoisotopic (exact) mass is 386 g/mol. The molecular weight excluding hydrogens is 377 g/mol. The van der Waals surface area contributed by atoms with Gasteiger partial charge in [0.15, 0.2) is 0 Å². The number of rotatable bonds is 7. The molecule has 0 saturated carbocycles. The zero-order valence-corrected chi connectivity index (χ0v) is 11.1. The van der Waals surface area contributed by atoms with Gasteiger partial charge in [-0.2, -0.15) is 43.9 Å². The summed E-state index contributed by atoms with van der Waals surface area (Å²) in [6.07, 6.45) is -24.1. The molecule has 0 fully saturated rings. The lowest BCUT2D eigenvalue weighted by atomic mass is 10.0. The molecule has 2 atom stereocenters. The zero-order valence-electron chi connectivity index (χ0n) is 11.1. The number of carbonyl (C=O) groups excluding carboxylic acids is 1. The molecule has 1 amide bonds. The van der Waals surface area contributed by atoms with Crippen molar-refractivity contribution in [3.8, 4) is 0 Å². The lowest BCUT2D eigenvalue weighted by molar-refractivity contribution is -0.484. The lowest BCUT2D eigenvalue weighted by Crippen LogP contribution is -2.60. The summed E-state index contributed by atoms with van der Waals surface area (Å²) in [6.45, 7) is 0. The maximum absolute atomic E-state index is 13.7. The van der Waals surface area contributed by atoms with Crippen molar-refractivity contribution in [2.75, 3.05) is 0 Å². The van der Waals surface area contributed by atoms with Crippen molar-refractivity contribution >= 4 is 5.91 Å². The minimum absolute atomic E-state index is 1.22. The second-order valence-electron chi connectivity index (χ2n) is 4.55. The quantitative estimate of drug-likeness (QED) is 0.661. The highest BCUT2D eigenvalue weighted by atomic mass is 19.4. The van der Waals surface area contributed by atoms with Crippen molar-refractivity contribution in [1.29, 1.82) is 0 Å². The average Bonchev–Trinajstić information content (AvgIpc) is 2.22. The highest BCUT2D eigenvalue weighted by Gasteiger charge is 2.78. The Hall–Kier alpha value is -1.38. The molecule has 0 aliphatic rings. The number of halogens is 11. The molecule has 0 aromatic carbocycles. The minimum atomic E-state index is -7.14. The number of carbonyl (C=O) groups is 1. The lowest BCUT2D eigenvalue weighted by Gasteiger charge is -2.36. The van der Waals surface area contributed by atoms with Crippen LogP contribution in [0.2, 0.25) is 0 Å². The fraction of sp³-hybridized carbons (Fsp3) is 0.889. The molecule has 24 heavy (non-hydrogen) atoms. The molecule has 0 heterocycles. The SMILES string of the molecule is NC(=O)CC(N)CC(F)(OC(F)(F)C(F)(F)C(F)(F)F)C(F)(F)F. The van der Waals surface area contributed by atoms with Crippen molar-refractivity contribution in [3.63, 3.8) is 0 Å². The molecule has 4 nitrogen and oxygen atoms in total. The van der Waals surface area contributed by atoms with Crippen LogP contribution in [-0.4, -0.2) is 42.2 Å². The number of nitrogens with two attached hydrogens (primary N) is 2. The standard InChI is InChI=1S/C9H9F11N2O2/c10-5(7(13,14)15,2-3(21)1-4(22)23)24-9(19,20)6(11,12)8(16,17)18/h3H,1-2,21H2,(H2,22,23). The van der Waals surface area contributed by atoms with Crippen LogP contribution in [-0.2, 0) is 9.53 Å². The van der Waals surface area contributed by atoms with Gasteiger partial charge in [-0.05, 0) is 0 Å². The maximum atomic E-state index is 13.7. The molecule has 0 radical (unpaired) electrons. The Morgan fingerprint density at radius 1 is 0.875 bits per heavy atom. The Bertz CT molecular complexity index is 461. The van der Waals surface area contributed by atoms with E-state index in [1.807, 2.05) is 0 Å². The summed E-state index contributed by atoms with van der Waals surface area (Å²) < 4.78 is 140. The van der Waals surface area contributed by atoms with Crippen LogP contribution >= 0.6 is 0 Å². The Morgan fingerprint density at radius 2 is 1.29 bits per heavy atom. The van der Waals surface area contributed by atoms with Crippen molar-refractivity contribution in [3.05, 3.63) is 0 Å². The van der Waals surface area contributed by atoms with Gasteiger partial charge in [-0.15, -0.1) is 0 Å². The Kier molecular flexibility index (Phi) is 6.12. The predicted molar refractivity (Wildman–Crippen MR) is 53.3 cm³/mol. The molecule has 0 aliphatic carbocycles. The van der Waals surface area contributed by atoms with Gasteiger partial charge in [-0.1, -0.05) is 0 Å². The maximum Gasteiger partial charge on any atom is 0.462 e. The van der Waals surface area contributed by atoms with Gasteiger partial charge in [0.2, 0.25) is 5.91 Å². The molecule has 0 bridgehead atoms. The van der Waals surface area contributed by atoms with E-state index in [-0.39, 0.29) is 0 Å². The predicted octanol–water partition coefficient (Wildman–Crippen LogP) is 2.61. The molecule has 0 aromatic heterocycles. The van der Waals surface area contributed by atoms with Crippen LogP contribution in [0.1, 0.15) is 12.8 Å². The van der Waals surface area contributed by atoms with Crippen LogP contribution in [0.25, 0.3) is 0 Å². The molecule has 0 aliphatic heterocycles. The second kappa shape index (κ2) is 6.50. The molecule has 4 N–H and O–H groups in total. The summed E-state index contributed by atoms with van der Waals surface area (Å²) in [5, 5.41) is 0. The summed E-state index contributed by atoms with van der Waals surface area (Å²) in [6, 6.07) is -2.26. The van der Waals surface area contributed by atoms with Crippen molar-refractivity contribution < 1.29 is 57.8 Å². The molecule has 0 rings (SSSR count). The molecule has 0 spiro atoms. The van der Waals surface area contributed by atoms with Gasteiger partial charge in [-0.3, -0.25) is 9.53 Å². The van der Waals surface area contributed by atoms with E-state index in [1.54, 1.807) is 0 Å². The highest BCUT2D eigenvalue weighted by Crippen LogP contribution is 2.51. The third-order valence-electron chi connectivity index (χ3n) is 2.42. The normalized spacial score (nSPS) is 18.2. The van der Waals surface area contributed by atoms with E-state index in [0.29, 0.717) is 0 Å². The summed E-state index contributed by atoms with van der Waals surface area (Å²) in [7, 11) is 0. The third-order valence-corrected chi connectivity index (χ3v) is 2.42. The Morgan fingerprint density at radius 3 is 1.58 bits per heavy atom. The van der Waals surface area contributed by atoms with E-state index in [0.717, 1.165) is 0 Å². The Balaban J connectivity index is 5.69. The average molecular weight is 386 g/mol. The first-order chi connectivity index (χ1) is 10.3. The fourth-order valence-electron chi connectivity index (χ4n) is 1.32. The highest BCUT2D eigenvalue weighted by molar-refractivity contribution is 5.74. The number of hydrogen-bond donors (Lipinski definition) is 2. The summed E-state index contributed by atoms with van der Waals surface area (Å²) >= 11 is 0. The van der Waals surface area contributed by atoms with Crippen molar-refractivity contribution in [2.45, 2.75) is 49.1 Å². The van der Waals surface area contributed by atoms with E-state index in [2.05, 4.69) is 10.5 Å². The van der Waals surface area contributed by atoms with Crippen molar-refractivity contribution in [1.82, 2.24) is 0 Å². The zero-order chi connectivity index (χ0) is 19.8. The van der Waals surface area contributed by atoms with Crippen molar-refractivity contribution in [2.24, 2.45) is 11.5 Å². The van der Waals surface area contributed by atoms with Crippen LogP contribution in [0.15, 0.2) is 0 Å². The van der Waals surface area contributed by atoms with Crippen LogP contribution in [0, 0.1) is 0 Å². The van der Waals surface area contributed by atoms with Gasteiger partial charge >= 0.3 is 30.2 Å². The first-order valence-electron chi connectivity index (χ1n) is 5.59. The number of ether oxygens (including phenoxy) is 1. The van der Waals surface area contributed by atoms with Crippen LogP contribution in [0.3, 0.4) is 0 Å². The van der Waals surface area contributed by atoms with Gasteiger partial charge < -0.3 is 11.5 Å². The van der Waals surface area contributed by atoms with E-state index >= 15 is 0 Å². The van der Waals surface area contributed by atoms with E-state index in [1.165, 1.54) is 0 Å². The van der Waals surface area contributed by atoms with Gasteiger partial charge in [-0.25, -0.2) is 4.39 Å². The van der Waals surface area contributed by atoms with Crippen LogP contribution in [0.4, 0.5) is 48.3 Å². The molecule has 2 unspecified atom stereocenters. The summed E-state index contributed by atoms with van der Waals surface area (Å²) in [4.78, 5) is 10.4. The number of alkyl halides is 11. The molecule has 0 aromatic rings. The molecule has 144 valence electrons. The second-order valence-corrected chi connectivity index (χ2v) is 4.55. The van der Waals surface area contributed by atoms with Gasteiger partial charge in [0, 0.05) is 18.9 Å².